The van der Waals surface area contributed by atoms with Crippen molar-refractivity contribution in [3.05, 3.63) is 33.6 Å². The number of rotatable bonds is 4. The molecule has 0 aliphatic carbocycles. The third kappa shape index (κ3) is 4.03. The summed E-state index contributed by atoms with van der Waals surface area (Å²) < 4.78 is 6.03. The van der Waals surface area contributed by atoms with Gasteiger partial charge in [-0.2, -0.15) is 4.98 Å². The van der Waals surface area contributed by atoms with E-state index in [2.05, 4.69) is 26.1 Å². The molecule has 4 nitrogen and oxygen atoms in total. The lowest BCUT2D eigenvalue weighted by atomic mass is 10.0. The average molecular weight is 345 g/mol. The highest BCUT2D eigenvalue weighted by atomic mass is 79.9. The van der Waals surface area contributed by atoms with Gasteiger partial charge in [0.25, 0.3) is 0 Å². The van der Waals surface area contributed by atoms with Crippen molar-refractivity contribution >= 4 is 27.5 Å². The normalized spacial score (nSPS) is 11.8. The van der Waals surface area contributed by atoms with Gasteiger partial charge in [0, 0.05) is 22.0 Å². The Morgan fingerprint density at radius 2 is 2.16 bits per heavy atom. The van der Waals surface area contributed by atoms with Crippen molar-refractivity contribution in [3.8, 4) is 11.4 Å². The molecule has 0 radical (unpaired) electrons. The number of nitrogens with zero attached hydrogens (tertiary/aromatic N) is 2. The van der Waals surface area contributed by atoms with E-state index in [0.717, 1.165) is 16.5 Å². The Morgan fingerprint density at radius 3 is 2.79 bits per heavy atom. The molecule has 0 aliphatic rings. The minimum atomic E-state index is -0.238. The Labute approximate surface area is 125 Å². The van der Waals surface area contributed by atoms with Gasteiger partial charge < -0.3 is 10.3 Å². The van der Waals surface area contributed by atoms with Gasteiger partial charge in [-0.3, -0.25) is 0 Å². The molecule has 1 heterocycles. The Bertz CT molecular complexity index is 578. The van der Waals surface area contributed by atoms with Crippen LogP contribution in [0.2, 0.25) is 5.02 Å². The molecule has 19 heavy (non-hydrogen) atoms. The van der Waals surface area contributed by atoms with Gasteiger partial charge in [-0.25, -0.2) is 0 Å². The minimum absolute atomic E-state index is 0.238. The maximum Gasteiger partial charge on any atom is 0.227 e. The second-order valence-corrected chi connectivity index (χ2v) is 6.39. The summed E-state index contributed by atoms with van der Waals surface area (Å²) in [4.78, 5) is 4.36. The molecule has 0 saturated heterocycles. The van der Waals surface area contributed by atoms with Gasteiger partial charge in [0.05, 0.1) is 5.02 Å². The van der Waals surface area contributed by atoms with Crippen LogP contribution in [0.5, 0.6) is 0 Å². The van der Waals surface area contributed by atoms with Gasteiger partial charge in [-0.15, -0.1) is 0 Å². The van der Waals surface area contributed by atoms with E-state index in [1.54, 1.807) is 6.07 Å². The number of hydrogen-bond donors (Lipinski definition) is 1. The van der Waals surface area contributed by atoms with Gasteiger partial charge in [-0.1, -0.05) is 16.8 Å². The molecule has 1 aromatic heterocycles. The predicted molar refractivity (Wildman–Crippen MR) is 79.0 cm³/mol. The van der Waals surface area contributed by atoms with E-state index < -0.39 is 0 Å². The first kappa shape index (κ1) is 14.5. The largest absolute Gasteiger partial charge is 0.339 e. The van der Waals surface area contributed by atoms with Crippen LogP contribution in [-0.4, -0.2) is 15.7 Å². The zero-order valence-corrected chi connectivity index (χ0v) is 13.1. The summed E-state index contributed by atoms with van der Waals surface area (Å²) >= 11 is 9.32. The molecule has 0 fully saturated rings. The van der Waals surface area contributed by atoms with Crippen LogP contribution in [0, 0.1) is 0 Å². The van der Waals surface area contributed by atoms with E-state index in [0.29, 0.717) is 23.2 Å². The molecule has 0 bridgehead atoms. The van der Waals surface area contributed by atoms with Crippen molar-refractivity contribution < 1.29 is 4.52 Å². The van der Waals surface area contributed by atoms with E-state index in [1.165, 1.54) is 0 Å². The van der Waals surface area contributed by atoms with Gasteiger partial charge >= 0.3 is 0 Å². The van der Waals surface area contributed by atoms with Crippen LogP contribution in [0.15, 0.2) is 27.2 Å². The van der Waals surface area contributed by atoms with Crippen LogP contribution < -0.4 is 5.73 Å². The summed E-state index contributed by atoms with van der Waals surface area (Å²) in [5.74, 6) is 1.15. The summed E-state index contributed by atoms with van der Waals surface area (Å²) in [6.45, 7) is 3.95. The highest BCUT2D eigenvalue weighted by molar-refractivity contribution is 9.10. The number of aryl methyl sites for hydroxylation is 1. The van der Waals surface area contributed by atoms with E-state index in [-0.39, 0.29) is 5.54 Å². The summed E-state index contributed by atoms with van der Waals surface area (Å²) in [7, 11) is 0. The second-order valence-electron chi connectivity index (χ2n) is 5.13. The van der Waals surface area contributed by atoms with Crippen molar-refractivity contribution in [2.45, 2.75) is 32.2 Å². The van der Waals surface area contributed by atoms with Crippen LogP contribution in [0.4, 0.5) is 0 Å². The standard InChI is InChI=1S/C13H15BrClN3O/c1-13(2,16)6-5-11-17-12(18-19-11)8-3-4-10(15)9(14)7-8/h3-4,7H,5-6,16H2,1-2H3. The second kappa shape index (κ2) is 5.61. The molecule has 2 N–H and O–H groups in total. The van der Waals surface area contributed by atoms with Gasteiger partial charge in [0.1, 0.15) is 0 Å². The zero-order valence-electron chi connectivity index (χ0n) is 10.8. The zero-order chi connectivity index (χ0) is 14.0. The lowest BCUT2D eigenvalue weighted by molar-refractivity contribution is 0.358. The topological polar surface area (TPSA) is 64.9 Å². The van der Waals surface area contributed by atoms with E-state index in [1.807, 2.05) is 26.0 Å². The Hall–Kier alpha value is -0.910. The molecular formula is C13H15BrClN3O. The summed E-state index contributed by atoms with van der Waals surface area (Å²) in [5, 5.41) is 4.62. The average Bonchev–Trinajstić information content (AvgIpc) is 2.78. The molecule has 0 spiro atoms. The smallest absolute Gasteiger partial charge is 0.227 e. The molecule has 0 saturated carbocycles. The van der Waals surface area contributed by atoms with Crippen LogP contribution in [0.3, 0.4) is 0 Å². The van der Waals surface area contributed by atoms with Crippen molar-refractivity contribution in [3.63, 3.8) is 0 Å². The van der Waals surface area contributed by atoms with Crippen molar-refractivity contribution in [1.29, 1.82) is 0 Å². The molecular weight excluding hydrogens is 330 g/mol. The highest BCUT2D eigenvalue weighted by Crippen LogP contribution is 2.27. The van der Waals surface area contributed by atoms with Crippen molar-refractivity contribution in [2.24, 2.45) is 5.73 Å². The first-order chi connectivity index (χ1) is 8.85. The minimum Gasteiger partial charge on any atom is -0.339 e. The first-order valence-electron chi connectivity index (χ1n) is 5.92. The summed E-state index contributed by atoms with van der Waals surface area (Å²) in [5.41, 5.74) is 6.55. The molecule has 0 unspecified atom stereocenters. The highest BCUT2D eigenvalue weighted by Gasteiger charge is 2.15. The van der Waals surface area contributed by atoms with E-state index in [4.69, 9.17) is 21.9 Å². The number of aromatic nitrogens is 2. The molecule has 6 heteroatoms. The van der Waals surface area contributed by atoms with Gasteiger partial charge in [0.15, 0.2) is 0 Å². The lowest BCUT2D eigenvalue weighted by Gasteiger charge is -2.16. The Kier molecular flexibility index (Phi) is 4.28. The van der Waals surface area contributed by atoms with Crippen molar-refractivity contribution in [1.82, 2.24) is 10.1 Å². The fourth-order valence-corrected chi connectivity index (χ4v) is 2.03. The van der Waals surface area contributed by atoms with Crippen LogP contribution in [0.1, 0.15) is 26.2 Å². The molecule has 1 aromatic carbocycles. The maximum absolute atomic E-state index is 5.95. The molecule has 2 rings (SSSR count). The number of halogens is 2. The summed E-state index contributed by atoms with van der Waals surface area (Å²) in [6.07, 6.45) is 1.46. The van der Waals surface area contributed by atoms with E-state index in [9.17, 15) is 0 Å². The third-order valence-corrected chi connectivity index (χ3v) is 3.84. The van der Waals surface area contributed by atoms with Gasteiger partial charge in [-0.05, 0) is 54.4 Å². The fraction of sp³-hybridized carbons (Fsp3) is 0.385. The van der Waals surface area contributed by atoms with E-state index >= 15 is 0 Å². The maximum atomic E-state index is 5.95. The monoisotopic (exact) mass is 343 g/mol. The molecule has 0 atom stereocenters. The molecule has 0 amide bonds. The summed E-state index contributed by atoms with van der Waals surface area (Å²) in [6, 6.07) is 5.51. The molecule has 102 valence electrons. The third-order valence-electron chi connectivity index (χ3n) is 2.63. The van der Waals surface area contributed by atoms with Crippen LogP contribution in [-0.2, 0) is 6.42 Å². The number of hydrogen-bond acceptors (Lipinski definition) is 4. The Morgan fingerprint density at radius 1 is 1.42 bits per heavy atom. The molecule has 2 aromatic rings. The molecule has 0 aliphatic heterocycles. The first-order valence-corrected chi connectivity index (χ1v) is 7.09. The fourth-order valence-electron chi connectivity index (χ4n) is 1.54. The SMILES string of the molecule is CC(C)(N)CCc1nc(-c2ccc(Cl)c(Br)c2)no1. The quantitative estimate of drug-likeness (QED) is 0.915. The van der Waals surface area contributed by atoms with Crippen LogP contribution >= 0.6 is 27.5 Å². The number of benzene rings is 1. The lowest BCUT2D eigenvalue weighted by Crippen LogP contribution is -2.32. The predicted octanol–water partition coefficient (Wildman–Crippen LogP) is 3.82. The number of nitrogens with two attached hydrogens (primary N) is 1. The van der Waals surface area contributed by atoms with Crippen LogP contribution in [0.25, 0.3) is 11.4 Å². The van der Waals surface area contributed by atoms with Gasteiger partial charge in [0.2, 0.25) is 11.7 Å². The Balaban J connectivity index is 2.14. The van der Waals surface area contributed by atoms with Crippen molar-refractivity contribution in [2.75, 3.05) is 0 Å².